The molecule has 0 radical (unpaired) electrons. The van der Waals surface area contributed by atoms with Crippen molar-refractivity contribution >= 4 is 28.8 Å². The van der Waals surface area contributed by atoms with Crippen LogP contribution in [0.3, 0.4) is 0 Å². The molecule has 0 aliphatic rings. The Bertz CT molecular complexity index is 880. The molecule has 27 heavy (non-hydrogen) atoms. The second-order valence-corrected chi connectivity index (χ2v) is 7.68. The molecular formula is C21H26N6. The van der Waals surface area contributed by atoms with Gasteiger partial charge in [0.05, 0.1) is 6.20 Å². The van der Waals surface area contributed by atoms with Crippen LogP contribution in [-0.4, -0.2) is 29.3 Å². The Balaban J connectivity index is 1.70. The lowest BCUT2D eigenvalue weighted by Crippen LogP contribution is -2.10. The van der Waals surface area contributed by atoms with E-state index in [0.29, 0.717) is 11.8 Å². The molecule has 2 aromatic carbocycles. The maximum absolute atomic E-state index is 4.49. The van der Waals surface area contributed by atoms with Crippen LogP contribution in [0.4, 0.5) is 28.8 Å². The van der Waals surface area contributed by atoms with Gasteiger partial charge in [0.1, 0.15) is 0 Å². The molecular weight excluding hydrogens is 336 g/mol. The number of nitrogens with one attached hydrogen (secondary N) is 2. The van der Waals surface area contributed by atoms with E-state index in [1.165, 1.54) is 5.56 Å². The van der Waals surface area contributed by atoms with E-state index >= 15 is 0 Å². The highest BCUT2D eigenvalue weighted by molar-refractivity contribution is 5.61. The van der Waals surface area contributed by atoms with Gasteiger partial charge >= 0.3 is 0 Å². The summed E-state index contributed by atoms with van der Waals surface area (Å²) in [5, 5.41) is 14.6. The third-order valence-corrected chi connectivity index (χ3v) is 4.22. The van der Waals surface area contributed by atoms with Crippen molar-refractivity contribution in [3.8, 4) is 0 Å². The zero-order chi connectivity index (χ0) is 19.4. The maximum Gasteiger partial charge on any atom is 0.249 e. The highest BCUT2D eigenvalue weighted by Crippen LogP contribution is 2.24. The SMILES string of the molecule is CN(C)c1ccc(Nc2cnnc(Nc3ccc(C(C)(C)C)cc3)n2)cc1. The van der Waals surface area contributed by atoms with Gasteiger partial charge in [-0.05, 0) is 47.4 Å². The molecule has 0 aliphatic heterocycles. The van der Waals surface area contributed by atoms with Crippen LogP contribution in [0.15, 0.2) is 54.7 Å². The number of hydrogen-bond donors (Lipinski definition) is 2. The van der Waals surface area contributed by atoms with Gasteiger partial charge in [-0.25, -0.2) is 0 Å². The molecule has 0 saturated heterocycles. The minimum absolute atomic E-state index is 0.128. The Morgan fingerprint density at radius 3 is 2.00 bits per heavy atom. The van der Waals surface area contributed by atoms with Crippen molar-refractivity contribution in [3.05, 3.63) is 60.3 Å². The molecule has 0 fully saturated rings. The minimum Gasteiger partial charge on any atom is -0.378 e. The van der Waals surface area contributed by atoms with E-state index < -0.39 is 0 Å². The lowest BCUT2D eigenvalue weighted by atomic mass is 9.87. The maximum atomic E-state index is 4.49. The van der Waals surface area contributed by atoms with Crippen LogP contribution in [-0.2, 0) is 5.41 Å². The molecule has 3 rings (SSSR count). The second-order valence-electron chi connectivity index (χ2n) is 7.68. The molecule has 0 aliphatic carbocycles. The first-order chi connectivity index (χ1) is 12.8. The topological polar surface area (TPSA) is 66.0 Å². The Morgan fingerprint density at radius 2 is 1.41 bits per heavy atom. The quantitative estimate of drug-likeness (QED) is 0.684. The summed E-state index contributed by atoms with van der Waals surface area (Å²) in [6.45, 7) is 6.59. The van der Waals surface area contributed by atoms with Crippen molar-refractivity contribution in [2.24, 2.45) is 0 Å². The first-order valence-corrected chi connectivity index (χ1v) is 8.93. The van der Waals surface area contributed by atoms with Crippen LogP contribution in [0.5, 0.6) is 0 Å². The summed E-state index contributed by atoms with van der Waals surface area (Å²) < 4.78 is 0. The Morgan fingerprint density at radius 1 is 0.815 bits per heavy atom. The van der Waals surface area contributed by atoms with Gasteiger partial charge in [-0.3, -0.25) is 0 Å². The van der Waals surface area contributed by atoms with Crippen molar-refractivity contribution in [1.29, 1.82) is 0 Å². The van der Waals surface area contributed by atoms with Gasteiger partial charge in [0.25, 0.3) is 0 Å². The number of benzene rings is 2. The predicted molar refractivity (Wildman–Crippen MR) is 112 cm³/mol. The molecule has 1 heterocycles. The van der Waals surface area contributed by atoms with Gasteiger partial charge in [0.2, 0.25) is 5.95 Å². The average molecular weight is 362 g/mol. The van der Waals surface area contributed by atoms with Crippen LogP contribution in [0.25, 0.3) is 0 Å². The van der Waals surface area contributed by atoms with Crippen LogP contribution in [0.2, 0.25) is 0 Å². The summed E-state index contributed by atoms with van der Waals surface area (Å²) in [5.41, 5.74) is 4.42. The smallest absolute Gasteiger partial charge is 0.249 e. The third-order valence-electron chi connectivity index (χ3n) is 4.22. The van der Waals surface area contributed by atoms with Crippen LogP contribution in [0, 0.1) is 0 Å². The summed E-state index contributed by atoms with van der Waals surface area (Å²) in [6, 6.07) is 16.4. The molecule has 6 heteroatoms. The first-order valence-electron chi connectivity index (χ1n) is 8.93. The van der Waals surface area contributed by atoms with E-state index in [0.717, 1.165) is 17.1 Å². The first kappa shape index (κ1) is 18.6. The van der Waals surface area contributed by atoms with Gasteiger partial charge in [0, 0.05) is 31.2 Å². The number of hydrogen-bond acceptors (Lipinski definition) is 6. The van der Waals surface area contributed by atoms with Gasteiger partial charge in [0.15, 0.2) is 5.82 Å². The van der Waals surface area contributed by atoms with Gasteiger partial charge in [-0.1, -0.05) is 32.9 Å². The monoisotopic (exact) mass is 362 g/mol. The summed E-state index contributed by atoms with van der Waals surface area (Å²) in [6.07, 6.45) is 1.60. The van der Waals surface area contributed by atoms with E-state index in [-0.39, 0.29) is 5.41 Å². The Kier molecular flexibility index (Phi) is 5.26. The van der Waals surface area contributed by atoms with E-state index in [2.05, 4.69) is 63.6 Å². The molecule has 0 atom stereocenters. The molecule has 0 amide bonds. The number of aromatic nitrogens is 3. The molecule has 0 bridgehead atoms. The highest BCUT2D eigenvalue weighted by Gasteiger charge is 2.13. The summed E-state index contributed by atoms with van der Waals surface area (Å²) >= 11 is 0. The Labute approximate surface area is 160 Å². The van der Waals surface area contributed by atoms with Crippen LogP contribution in [0.1, 0.15) is 26.3 Å². The van der Waals surface area contributed by atoms with Crippen molar-refractivity contribution in [1.82, 2.24) is 15.2 Å². The van der Waals surface area contributed by atoms with Gasteiger partial charge in [-0.15, -0.1) is 5.10 Å². The van der Waals surface area contributed by atoms with E-state index in [9.17, 15) is 0 Å². The fourth-order valence-electron chi connectivity index (χ4n) is 2.59. The molecule has 0 spiro atoms. The lowest BCUT2D eigenvalue weighted by molar-refractivity contribution is 0.590. The normalized spacial score (nSPS) is 11.1. The van der Waals surface area contributed by atoms with Crippen LogP contribution < -0.4 is 15.5 Å². The van der Waals surface area contributed by atoms with Gasteiger partial charge < -0.3 is 15.5 Å². The minimum atomic E-state index is 0.128. The van der Waals surface area contributed by atoms with E-state index in [4.69, 9.17) is 0 Å². The number of anilines is 5. The summed E-state index contributed by atoms with van der Waals surface area (Å²) in [4.78, 5) is 6.54. The number of nitrogens with zero attached hydrogens (tertiary/aromatic N) is 4. The fourth-order valence-corrected chi connectivity index (χ4v) is 2.59. The molecule has 3 aromatic rings. The highest BCUT2D eigenvalue weighted by atomic mass is 15.3. The standard InChI is InChI=1S/C21H26N6/c1-21(2,3)15-6-8-17(9-7-15)24-20-25-19(14-22-26-20)23-16-10-12-18(13-11-16)27(4)5/h6-14H,1-5H3,(H2,23,24,25,26). The zero-order valence-corrected chi connectivity index (χ0v) is 16.5. The van der Waals surface area contributed by atoms with Crippen LogP contribution >= 0.6 is 0 Å². The van der Waals surface area contributed by atoms with E-state index in [1.54, 1.807) is 6.20 Å². The lowest BCUT2D eigenvalue weighted by Gasteiger charge is -2.19. The third kappa shape index (κ3) is 4.94. The van der Waals surface area contributed by atoms with Crippen molar-refractivity contribution in [2.45, 2.75) is 26.2 Å². The summed E-state index contributed by atoms with van der Waals surface area (Å²) in [5.74, 6) is 1.09. The van der Waals surface area contributed by atoms with E-state index in [1.807, 2.05) is 50.5 Å². The molecule has 0 saturated carbocycles. The zero-order valence-electron chi connectivity index (χ0n) is 16.5. The molecule has 2 N–H and O–H groups in total. The average Bonchev–Trinajstić information content (AvgIpc) is 2.62. The largest absolute Gasteiger partial charge is 0.378 e. The fraction of sp³-hybridized carbons (Fsp3) is 0.286. The predicted octanol–water partition coefficient (Wildman–Crippen LogP) is 4.72. The van der Waals surface area contributed by atoms with Gasteiger partial charge in [-0.2, -0.15) is 10.1 Å². The molecule has 0 unspecified atom stereocenters. The molecule has 1 aromatic heterocycles. The van der Waals surface area contributed by atoms with Crippen molar-refractivity contribution < 1.29 is 0 Å². The Hall–Kier alpha value is -3.15. The second kappa shape index (κ2) is 7.61. The molecule has 140 valence electrons. The van der Waals surface area contributed by atoms with Crippen molar-refractivity contribution in [3.63, 3.8) is 0 Å². The summed E-state index contributed by atoms with van der Waals surface area (Å²) in [7, 11) is 4.03. The van der Waals surface area contributed by atoms with Crippen molar-refractivity contribution in [2.75, 3.05) is 29.6 Å². The number of rotatable bonds is 5. The molecule has 6 nitrogen and oxygen atoms in total.